The van der Waals surface area contributed by atoms with Gasteiger partial charge in [-0.2, -0.15) is 5.10 Å². The lowest BCUT2D eigenvalue weighted by Crippen LogP contribution is -2.36. The average molecular weight is 436 g/mol. The van der Waals surface area contributed by atoms with Crippen LogP contribution in [0, 0.1) is 5.82 Å². The molecule has 160 valence electrons. The smallest absolute Gasteiger partial charge is 0.244 e. The number of rotatable bonds is 7. The second-order valence-corrected chi connectivity index (χ2v) is 8.33. The second-order valence-electron chi connectivity index (χ2n) is 6.59. The average Bonchev–Trinajstić information content (AvgIpc) is 3.17. The van der Waals surface area contributed by atoms with Crippen LogP contribution in [0.25, 0.3) is 11.0 Å². The highest BCUT2D eigenvalue weighted by molar-refractivity contribution is 7.89. The lowest BCUT2D eigenvalue weighted by molar-refractivity contribution is 0.122. The van der Waals surface area contributed by atoms with Crippen molar-refractivity contribution in [2.45, 2.75) is 11.4 Å². The van der Waals surface area contributed by atoms with Gasteiger partial charge in [0, 0.05) is 19.6 Å². The van der Waals surface area contributed by atoms with Crippen molar-refractivity contribution in [1.82, 2.24) is 24.5 Å². The Kier molecular flexibility index (Phi) is 5.79. The summed E-state index contributed by atoms with van der Waals surface area (Å²) in [6.45, 7) is 2.99. The van der Waals surface area contributed by atoms with Gasteiger partial charge in [-0.25, -0.2) is 32.2 Å². The van der Waals surface area contributed by atoms with E-state index in [-0.39, 0.29) is 23.7 Å². The van der Waals surface area contributed by atoms with Crippen molar-refractivity contribution in [2.75, 3.05) is 44.9 Å². The molecule has 0 unspecified atom stereocenters. The Bertz CT molecular complexity index is 1150. The van der Waals surface area contributed by atoms with Crippen molar-refractivity contribution in [3.8, 4) is 5.75 Å². The SMILES string of the molecule is COc1ccc(F)cc1S(=O)(=O)NCCn1ncc2c(N3CCOCC3)ncnc21. The van der Waals surface area contributed by atoms with Crippen molar-refractivity contribution in [1.29, 1.82) is 0 Å². The quantitative estimate of drug-likeness (QED) is 0.579. The number of sulfonamides is 1. The van der Waals surface area contributed by atoms with Crippen LogP contribution in [0.5, 0.6) is 5.75 Å². The van der Waals surface area contributed by atoms with Crippen molar-refractivity contribution >= 4 is 26.9 Å². The molecule has 1 aliphatic rings. The minimum Gasteiger partial charge on any atom is -0.495 e. The zero-order chi connectivity index (χ0) is 21.1. The van der Waals surface area contributed by atoms with E-state index in [0.29, 0.717) is 18.9 Å². The molecule has 1 N–H and O–H groups in total. The van der Waals surface area contributed by atoms with E-state index in [1.807, 2.05) is 0 Å². The van der Waals surface area contributed by atoms with Gasteiger partial charge in [-0.3, -0.25) is 0 Å². The first-order chi connectivity index (χ1) is 14.5. The van der Waals surface area contributed by atoms with Crippen molar-refractivity contribution < 1.29 is 22.3 Å². The van der Waals surface area contributed by atoms with Crippen LogP contribution in [-0.4, -0.2) is 68.1 Å². The number of anilines is 1. The number of halogens is 1. The fourth-order valence-corrected chi connectivity index (χ4v) is 4.50. The Morgan fingerprint density at radius 1 is 1.27 bits per heavy atom. The summed E-state index contributed by atoms with van der Waals surface area (Å²) < 4.78 is 53.2. The maximum Gasteiger partial charge on any atom is 0.244 e. The Hall–Kier alpha value is -2.83. The monoisotopic (exact) mass is 436 g/mol. The molecule has 10 nitrogen and oxygen atoms in total. The van der Waals surface area contributed by atoms with Gasteiger partial charge in [-0.1, -0.05) is 0 Å². The van der Waals surface area contributed by atoms with Gasteiger partial charge in [-0.15, -0.1) is 0 Å². The largest absolute Gasteiger partial charge is 0.495 e. The van der Waals surface area contributed by atoms with E-state index in [2.05, 4.69) is 24.7 Å². The molecule has 30 heavy (non-hydrogen) atoms. The zero-order valence-electron chi connectivity index (χ0n) is 16.3. The highest BCUT2D eigenvalue weighted by Crippen LogP contribution is 2.25. The van der Waals surface area contributed by atoms with Gasteiger partial charge in [0.25, 0.3) is 0 Å². The van der Waals surface area contributed by atoms with Crippen LogP contribution in [0.3, 0.4) is 0 Å². The first-order valence-electron chi connectivity index (χ1n) is 9.32. The van der Waals surface area contributed by atoms with Crippen LogP contribution >= 0.6 is 0 Å². The fourth-order valence-electron chi connectivity index (χ4n) is 3.30. The zero-order valence-corrected chi connectivity index (χ0v) is 17.1. The third-order valence-corrected chi connectivity index (χ3v) is 6.24. The summed E-state index contributed by atoms with van der Waals surface area (Å²) in [7, 11) is -2.64. The lowest BCUT2D eigenvalue weighted by Gasteiger charge is -2.27. The molecule has 2 aromatic heterocycles. The van der Waals surface area contributed by atoms with Crippen LogP contribution in [-0.2, 0) is 21.3 Å². The molecule has 0 spiro atoms. The van der Waals surface area contributed by atoms with E-state index in [1.165, 1.54) is 19.5 Å². The molecule has 3 aromatic rings. The summed E-state index contributed by atoms with van der Waals surface area (Å²) in [6.07, 6.45) is 3.14. The van der Waals surface area contributed by atoms with Gasteiger partial charge in [0.05, 0.1) is 38.5 Å². The van der Waals surface area contributed by atoms with E-state index in [4.69, 9.17) is 9.47 Å². The maximum atomic E-state index is 13.5. The van der Waals surface area contributed by atoms with Crippen molar-refractivity contribution in [3.63, 3.8) is 0 Å². The van der Waals surface area contributed by atoms with Crippen molar-refractivity contribution in [3.05, 3.63) is 36.5 Å². The molecule has 0 aliphatic carbocycles. The third kappa shape index (κ3) is 4.06. The molecular formula is C18H21FN6O4S. The van der Waals surface area contributed by atoms with Gasteiger partial charge >= 0.3 is 0 Å². The first-order valence-corrected chi connectivity index (χ1v) is 10.8. The number of morpholine rings is 1. The van der Waals surface area contributed by atoms with E-state index in [1.54, 1.807) is 10.9 Å². The standard InChI is InChI=1S/C18H21FN6O4S/c1-28-15-3-2-13(19)10-16(15)30(26,27)23-4-5-25-18-14(11-22-25)17(20-12-21-18)24-6-8-29-9-7-24/h2-3,10-12,23H,4-9H2,1H3. The number of hydrogen-bond donors (Lipinski definition) is 1. The molecule has 0 radical (unpaired) electrons. The molecule has 1 aliphatic heterocycles. The maximum absolute atomic E-state index is 13.5. The molecule has 4 rings (SSSR count). The number of methoxy groups -OCH3 is 1. The summed E-state index contributed by atoms with van der Waals surface area (Å²) in [5.41, 5.74) is 0.606. The van der Waals surface area contributed by atoms with Gasteiger partial charge in [0.1, 0.15) is 28.6 Å². The third-order valence-electron chi connectivity index (χ3n) is 4.75. The number of benzene rings is 1. The van der Waals surface area contributed by atoms with E-state index in [0.717, 1.165) is 36.4 Å². The molecule has 12 heteroatoms. The number of nitrogens with one attached hydrogen (secondary N) is 1. The van der Waals surface area contributed by atoms with Gasteiger partial charge in [0.15, 0.2) is 5.65 Å². The van der Waals surface area contributed by atoms with Crippen LogP contribution in [0.4, 0.5) is 10.2 Å². The Morgan fingerprint density at radius 3 is 2.83 bits per heavy atom. The normalized spacial score (nSPS) is 14.9. The summed E-state index contributed by atoms with van der Waals surface area (Å²) in [6, 6.07) is 3.33. The summed E-state index contributed by atoms with van der Waals surface area (Å²) >= 11 is 0. The van der Waals surface area contributed by atoms with E-state index < -0.39 is 15.8 Å². The predicted molar refractivity (Wildman–Crippen MR) is 106 cm³/mol. The molecule has 1 aromatic carbocycles. The Balaban J connectivity index is 1.50. The predicted octanol–water partition coefficient (Wildman–Crippen LogP) is 0.789. The van der Waals surface area contributed by atoms with Crippen LogP contribution in [0.15, 0.2) is 35.6 Å². The highest BCUT2D eigenvalue weighted by atomic mass is 32.2. The molecule has 3 heterocycles. The number of hydrogen-bond acceptors (Lipinski definition) is 8. The van der Waals surface area contributed by atoms with Gasteiger partial charge in [0.2, 0.25) is 10.0 Å². The number of nitrogens with zero attached hydrogens (tertiary/aromatic N) is 5. The summed E-state index contributed by atoms with van der Waals surface area (Å²) in [5, 5.41) is 5.11. The minimum atomic E-state index is -3.97. The molecule has 0 saturated carbocycles. The molecule has 1 fully saturated rings. The Morgan fingerprint density at radius 2 is 2.07 bits per heavy atom. The molecular weight excluding hydrogens is 415 g/mol. The van der Waals surface area contributed by atoms with Crippen LogP contribution < -0.4 is 14.4 Å². The van der Waals surface area contributed by atoms with Crippen LogP contribution in [0.1, 0.15) is 0 Å². The van der Waals surface area contributed by atoms with Gasteiger partial charge < -0.3 is 14.4 Å². The topological polar surface area (TPSA) is 111 Å². The molecule has 1 saturated heterocycles. The minimum absolute atomic E-state index is 0.0374. The van der Waals surface area contributed by atoms with E-state index in [9.17, 15) is 12.8 Å². The van der Waals surface area contributed by atoms with Crippen LogP contribution in [0.2, 0.25) is 0 Å². The van der Waals surface area contributed by atoms with Gasteiger partial charge in [-0.05, 0) is 18.2 Å². The van der Waals surface area contributed by atoms with E-state index >= 15 is 0 Å². The highest BCUT2D eigenvalue weighted by Gasteiger charge is 2.21. The van der Waals surface area contributed by atoms with Crippen molar-refractivity contribution in [2.24, 2.45) is 0 Å². The number of ether oxygens (including phenoxy) is 2. The Labute approximate surface area is 172 Å². The summed E-state index contributed by atoms with van der Waals surface area (Å²) in [4.78, 5) is 10.5. The first kappa shape index (κ1) is 20.4. The lowest BCUT2D eigenvalue weighted by atomic mass is 10.3. The molecule has 0 bridgehead atoms. The second kappa shape index (κ2) is 8.50. The molecule has 0 atom stereocenters. The summed E-state index contributed by atoms with van der Waals surface area (Å²) in [5.74, 6) is 0.178. The number of aromatic nitrogens is 4. The number of fused-ring (bicyclic) bond motifs is 1. The fraction of sp³-hybridized carbons (Fsp3) is 0.389. The molecule has 0 amide bonds.